The van der Waals surface area contributed by atoms with Crippen LogP contribution in [0.1, 0.15) is 0 Å². The summed E-state index contributed by atoms with van der Waals surface area (Å²) in [6, 6.07) is -0.309. The lowest BCUT2D eigenvalue weighted by Gasteiger charge is -2.13. The van der Waals surface area contributed by atoms with Gasteiger partial charge >= 0.3 is 5.97 Å². The molecule has 5 nitrogen and oxygen atoms in total. The highest BCUT2D eigenvalue weighted by Crippen LogP contribution is 2.17. The number of carbonyl (C=O) groups is 1. The van der Waals surface area contributed by atoms with Gasteiger partial charge in [-0.1, -0.05) is 0 Å². The van der Waals surface area contributed by atoms with Crippen LogP contribution in [0.25, 0.3) is 0 Å². The Labute approximate surface area is 74.0 Å². The average molecular weight is 177 g/mol. The van der Waals surface area contributed by atoms with Crippen molar-refractivity contribution in [2.24, 2.45) is 15.7 Å². The highest BCUT2D eigenvalue weighted by molar-refractivity contribution is 6.13. The number of hydrogen-bond acceptors (Lipinski definition) is 4. The minimum Gasteiger partial charge on any atom is -0.478 e. The standard InChI is InChI=1S/C8H7N3O2/c9-5-1-4(8(12)13)2-6-7(5)11-3-10-6/h1-3,6H,9H2,(H,12,13)/t6-/m1/s1. The molecule has 0 fully saturated rings. The predicted octanol–water partition coefficient (Wildman–Crippen LogP) is -0.295. The number of hydrogen-bond donors (Lipinski definition) is 2. The summed E-state index contributed by atoms with van der Waals surface area (Å²) in [4.78, 5) is 18.5. The van der Waals surface area contributed by atoms with E-state index in [9.17, 15) is 4.79 Å². The third kappa shape index (κ3) is 1.14. The minimum atomic E-state index is -0.996. The molecule has 0 bridgehead atoms. The Balaban J connectivity index is 2.42. The summed E-state index contributed by atoms with van der Waals surface area (Å²) < 4.78 is 0. The van der Waals surface area contributed by atoms with Crippen molar-refractivity contribution in [2.45, 2.75) is 6.04 Å². The van der Waals surface area contributed by atoms with E-state index in [0.717, 1.165) is 0 Å². The van der Waals surface area contributed by atoms with Crippen molar-refractivity contribution in [2.75, 3.05) is 0 Å². The first kappa shape index (κ1) is 7.72. The molecule has 0 spiro atoms. The molecule has 13 heavy (non-hydrogen) atoms. The van der Waals surface area contributed by atoms with E-state index in [1.54, 1.807) is 0 Å². The monoisotopic (exact) mass is 177 g/mol. The van der Waals surface area contributed by atoms with Crippen LogP contribution in [0, 0.1) is 0 Å². The van der Waals surface area contributed by atoms with Gasteiger partial charge in [-0.05, 0) is 12.2 Å². The zero-order chi connectivity index (χ0) is 9.42. The summed E-state index contributed by atoms with van der Waals surface area (Å²) in [5.74, 6) is -0.996. The molecule has 5 heteroatoms. The smallest absolute Gasteiger partial charge is 0.335 e. The van der Waals surface area contributed by atoms with Gasteiger partial charge in [0.2, 0.25) is 0 Å². The molecule has 0 saturated heterocycles. The number of aliphatic imine (C=N–C) groups is 2. The van der Waals surface area contributed by atoms with E-state index in [0.29, 0.717) is 11.4 Å². The Morgan fingerprint density at radius 2 is 2.38 bits per heavy atom. The molecule has 0 radical (unpaired) electrons. The van der Waals surface area contributed by atoms with E-state index in [1.165, 1.54) is 18.5 Å². The molecule has 1 heterocycles. The van der Waals surface area contributed by atoms with Crippen molar-refractivity contribution in [1.29, 1.82) is 0 Å². The van der Waals surface area contributed by atoms with Gasteiger partial charge in [-0.3, -0.25) is 4.99 Å². The lowest BCUT2D eigenvalue weighted by atomic mass is 9.99. The van der Waals surface area contributed by atoms with Crippen LogP contribution >= 0.6 is 0 Å². The van der Waals surface area contributed by atoms with Gasteiger partial charge in [-0.25, -0.2) is 9.79 Å². The van der Waals surface area contributed by atoms with Crippen LogP contribution in [0.2, 0.25) is 0 Å². The average Bonchev–Trinajstić information content (AvgIpc) is 2.51. The molecule has 2 rings (SSSR count). The SMILES string of the molecule is NC1=CC(C(=O)O)=C[C@H]2N=CN=C12. The molecule has 0 aromatic carbocycles. The normalized spacial score (nSPS) is 24.6. The highest BCUT2D eigenvalue weighted by Gasteiger charge is 2.24. The number of carboxylic acid groups (broad SMARTS) is 1. The lowest BCUT2D eigenvalue weighted by Crippen LogP contribution is -2.25. The van der Waals surface area contributed by atoms with Crippen LogP contribution in [0.4, 0.5) is 0 Å². The first-order valence-corrected chi connectivity index (χ1v) is 3.70. The molecule has 3 N–H and O–H groups in total. The Kier molecular flexibility index (Phi) is 1.51. The van der Waals surface area contributed by atoms with Crippen LogP contribution in [0.15, 0.2) is 33.4 Å². The fraction of sp³-hybridized carbons (Fsp3) is 0.125. The van der Waals surface area contributed by atoms with Gasteiger partial charge < -0.3 is 10.8 Å². The molecule has 0 aromatic heterocycles. The number of nitrogens with zero attached hydrogens (tertiary/aromatic N) is 2. The number of fused-ring (bicyclic) bond motifs is 1. The van der Waals surface area contributed by atoms with E-state index >= 15 is 0 Å². The lowest BCUT2D eigenvalue weighted by molar-refractivity contribution is -0.132. The molecule has 1 aliphatic carbocycles. The molecule has 66 valence electrons. The highest BCUT2D eigenvalue weighted by atomic mass is 16.4. The fourth-order valence-corrected chi connectivity index (χ4v) is 1.27. The topological polar surface area (TPSA) is 88.0 Å². The Morgan fingerprint density at radius 3 is 3.08 bits per heavy atom. The van der Waals surface area contributed by atoms with Crippen molar-refractivity contribution < 1.29 is 9.90 Å². The van der Waals surface area contributed by atoms with Crippen molar-refractivity contribution in [3.8, 4) is 0 Å². The minimum absolute atomic E-state index is 0.167. The van der Waals surface area contributed by atoms with Gasteiger partial charge in [0.15, 0.2) is 0 Å². The molecule has 0 saturated carbocycles. The molecule has 2 aliphatic rings. The summed E-state index contributed by atoms with van der Waals surface area (Å²) >= 11 is 0. The maximum absolute atomic E-state index is 10.6. The van der Waals surface area contributed by atoms with Gasteiger partial charge in [0.05, 0.1) is 17.0 Å². The number of aliphatic carboxylic acids is 1. The first-order chi connectivity index (χ1) is 6.18. The van der Waals surface area contributed by atoms with E-state index < -0.39 is 5.97 Å². The Morgan fingerprint density at radius 1 is 1.62 bits per heavy atom. The molecule has 1 atom stereocenters. The van der Waals surface area contributed by atoms with E-state index in [-0.39, 0.29) is 11.6 Å². The van der Waals surface area contributed by atoms with Gasteiger partial charge in [-0.15, -0.1) is 0 Å². The third-order valence-corrected chi connectivity index (χ3v) is 1.90. The van der Waals surface area contributed by atoms with Crippen molar-refractivity contribution in [3.05, 3.63) is 23.4 Å². The van der Waals surface area contributed by atoms with Gasteiger partial charge in [0.1, 0.15) is 12.4 Å². The molecular formula is C8H7N3O2. The van der Waals surface area contributed by atoms with Crippen molar-refractivity contribution >= 4 is 18.0 Å². The number of carboxylic acids is 1. The second-order valence-corrected chi connectivity index (χ2v) is 2.75. The second kappa shape index (κ2) is 2.55. The summed E-state index contributed by atoms with van der Waals surface area (Å²) in [6.07, 6.45) is 4.31. The number of nitrogens with two attached hydrogens (primary N) is 1. The summed E-state index contributed by atoms with van der Waals surface area (Å²) in [5, 5.41) is 8.72. The van der Waals surface area contributed by atoms with Crippen LogP contribution in [-0.2, 0) is 4.79 Å². The maximum Gasteiger partial charge on any atom is 0.335 e. The zero-order valence-electron chi connectivity index (χ0n) is 6.64. The summed E-state index contributed by atoms with van der Waals surface area (Å²) in [5.41, 5.74) is 6.77. The zero-order valence-corrected chi connectivity index (χ0v) is 6.64. The van der Waals surface area contributed by atoms with Gasteiger partial charge in [0, 0.05) is 0 Å². The first-order valence-electron chi connectivity index (χ1n) is 3.70. The fourth-order valence-electron chi connectivity index (χ4n) is 1.27. The Bertz CT molecular complexity index is 390. The summed E-state index contributed by atoms with van der Waals surface area (Å²) in [7, 11) is 0. The van der Waals surface area contributed by atoms with E-state index in [2.05, 4.69) is 9.98 Å². The van der Waals surface area contributed by atoms with E-state index in [4.69, 9.17) is 10.8 Å². The molecule has 0 unspecified atom stereocenters. The quantitative estimate of drug-likeness (QED) is 0.576. The van der Waals surface area contributed by atoms with Crippen molar-refractivity contribution in [3.63, 3.8) is 0 Å². The molecule has 0 amide bonds. The molecular weight excluding hydrogens is 170 g/mol. The number of rotatable bonds is 1. The summed E-state index contributed by atoms with van der Waals surface area (Å²) in [6.45, 7) is 0. The van der Waals surface area contributed by atoms with Crippen LogP contribution in [-0.4, -0.2) is 29.2 Å². The molecule has 1 aliphatic heterocycles. The van der Waals surface area contributed by atoms with Crippen LogP contribution in [0.5, 0.6) is 0 Å². The van der Waals surface area contributed by atoms with Gasteiger partial charge in [-0.2, -0.15) is 0 Å². The Hall–Kier alpha value is -1.91. The predicted molar refractivity (Wildman–Crippen MR) is 47.7 cm³/mol. The third-order valence-electron chi connectivity index (χ3n) is 1.90. The van der Waals surface area contributed by atoms with Crippen LogP contribution in [0.3, 0.4) is 0 Å². The second-order valence-electron chi connectivity index (χ2n) is 2.75. The van der Waals surface area contributed by atoms with Crippen LogP contribution < -0.4 is 5.73 Å². The van der Waals surface area contributed by atoms with E-state index in [1.807, 2.05) is 0 Å². The van der Waals surface area contributed by atoms with Gasteiger partial charge in [0.25, 0.3) is 0 Å². The largest absolute Gasteiger partial charge is 0.478 e. The molecule has 0 aromatic rings. The van der Waals surface area contributed by atoms with Crippen molar-refractivity contribution in [1.82, 2.24) is 0 Å². The maximum atomic E-state index is 10.6.